The Labute approximate surface area is 226 Å². The monoisotopic (exact) mass is 512 g/mol. The largest absolute Gasteiger partial charge is 0.139 e. The summed E-state index contributed by atoms with van der Waals surface area (Å²) in [7, 11) is 0. The van der Waals surface area contributed by atoms with Crippen molar-refractivity contribution in [3.63, 3.8) is 0 Å². The van der Waals surface area contributed by atoms with Crippen molar-refractivity contribution in [1.29, 1.82) is 0 Å². The van der Waals surface area contributed by atoms with Gasteiger partial charge in [-0.3, -0.25) is 0 Å². The van der Waals surface area contributed by atoms with Crippen LogP contribution in [-0.4, -0.2) is 0 Å². The highest BCUT2D eigenvalue weighted by Gasteiger charge is 2.20. The average molecular weight is 513 g/mol. The third-order valence-corrected chi connectivity index (χ3v) is 9.70. The Morgan fingerprint density at radius 1 is 0.639 bits per heavy atom. The molecule has 0 bridgehead atoms. The van der Waals surface area contributed by atoms with Crippen LogP contribution in [0.3, 0.4) is 0 Å². The van der Waals surface area contributed by atoms with Crippen molar-refractivity contribution in [1.82, 2.24) is 0 Å². The number of rotatable bonds is 9. The molecule has 0 fully saturated rings. The summed E-state index contributed by atoms with van der Waals surface area (Å²) < 4.78 is 0. The maximum atomic E-state index is 2.46. The number of hydrogen-bond acceptors (Lipinski definition) is 2. The molecule has 2 aromatic carbocycles. The molecule has 4 rings (SSSR count). The van der Waals surface area contributed by atoms with E-state index in [1.54, 1.807) is 0 Å². The van der Waals surface area contributed by atoms with Crippen molar-refractivity contribution >= 4 is 28.7 Å². The van der Waals surface area contributed by atoms with Crippen LogP contribution in [0.2, 0.25) is 0 Å². The molecule has 4 aromatic rings. The quantitative estimate of drug-likeness (QED) is 0.209. The van der Waals surface area contributed by atoms with Gasteiger partial charge in [0.1, 0.15) is 0 Å². The number of benzene rings is 2. The molecular weight excluding hydrogens is 473 g/mol. The van der Waals surface area contributed by atoms with Gasteiger partial charge in [0.15, 0.2) is 0 Å². The molecule has 0 amide bonds. The van der Waals surface area contributed by atoms with Crippen molar-refractivity contribution in [2.45, 2.75) is 80.1 Å². The standard InChI is InChI=1S/C34H40S2/c1-8-13-31-29(27-16-23(9-2)14-24(10-3)17-27)20-33(35-31)34-30(21-32(36-34)22(6)7)28-18-25(11-4)15-26(12-5)19-28/h8,13-22H,9-12H2,1-7H3/b13-8+. The smallest absolute Gasteiger partial charge is 0.0524 e. The lowest BCUT2D eigenvalue weighted by molar-refractivity contribution is 0.890. The summed E-state index contributed by atoms with van der Waals surface area (Å²) in [5, 5.41) is 0. The maximum absolute atomic E-state index is 2.46. The van der Waals surface area contributed by atoms with E-state index in [-0.39, 0.29) is 0 Å². The number of thiophene rings is 2. The van der Waals surface area contributed by atoms with Crippen LogP contribution in [0.15, 0.2) is 54.6 Å². The summed E-state index contributed by atoms with van der Waals surface area (Å²) in [6.45, 7) is 15.8. The molecule has 2 heteroatoms. The van der Waals surface area contributed by atoms with Gasteiger partial charge >= 0.3 is 0 Å². The zero-order chi connectivity index (χ0) is 25.8. The van der Waals surface area contributed by atoms with Crippen LogP contribution in [0.5, 0.6) is 0 Å². The van der Waals surface area contributed by atoms with Crippen LogP contribution in [0.25, 0.3) is 38.1 Å². The average Bonchev–Trinajstić information content (AvgIpc) is 3.53. The van der Waals surface area contributed by atoms with E-state index in [1.165, 1.54) is 64.0 Å². The van der Waals surface area contributed by atoms with E-state index in [1.807, 2.05) is 22.7 Å². The lowest BCUT2D eigenvalue weighted by Crippen LogP contribution is -1.89. The lowest BCUT2D eigenvalue weighted by atomic mass is 9.96. The Bertz CT molecular complexity index is 1320. The van der Waals surface area contributed by atoms with Crippen LogP contribution >= 0.6 is 22.7 Å². The van der Waals surface area contributed by atoms with Crippen molar-refractivity contribution in [3.8, 4) is 32.0 Å². The van der Waals surface area contributed by atoms with E-state index in [0.717, 1.165) is 25.7 Å². The Kier molecular flexibility index (Phi) is 8.70. The molecule has 2 heterocycles. The van der Waals surface area contributed by atoms with E-state index >= 15 is 0 Å². The molecule has 188 valence electrons. The zero-order valence-electron chi connectivity index (χ0n) is 23.0. The van der Waals surface area contributed by atoms with E-state index in [0.29, 0.717) is 5.92 Å². The first-order valence-electron chi connectivity index (χ1n) is 13.6. The van der Waals surface area contributed by atoms with Crippen molar-refractivity contribution in [2.24, 2.45) is 0 Å². The third kappa shape index (κ3) is 5.61. The summed E-state index contributed by atoms with van der Waals surface area (Å²) in [4.78, 5) is 5.61. The summed E-state index contributed by atoms with van der Waals surface area (Å²) in [6.07, 6.45) is 8.74. The SMILES string of the molecule is C/C=C/c1sc(-c2sc(C(C)C)cc2-c2cc(CC)cc(CC)c2)cc1-c1cc(CC)cc(CC)c1. The Morgan fingerprint density at radius 3 is 1.58 bits per heavy atom. The fraction of sp³-hybridized carbons (Fsp3) is 0.353. The van der Waals surface area contributed by atoms with Gasteiger partial charge in [-0.25, -0.2) is 0 Å². The highest BCUT2D eigenvalue weighted by Crippen LogP contribution is 2.47. The van der Waals surface area contributed by atoms with Crippen LogP contribution in [-0.2, 0) is 25.7 Å². The molecule has 2 aromatic heterocycles. The fourth-order valence-corrected chi connectivity index (χ4v) is 7.21. The summed E-state index contributed by atoms with van der Waals surface area (Å²) in [5.41, 5.74) is 11.2. The molecule has 0 N–H and O–H groups in total. The molecule has 0 radical (unpaired) electrons. The lowest BCUT2D eigenvalue weighted by Gasteiger charge is -2.09. The van der Waals surface area contributed by atoms with Gasteiger partial charge in [0.25, 0.3) is 0 Å². The van der Waals surface area contributed by atoms with Gasteiger partial charge in [0, 0.05) is 25.8 Å². The van der Waals surface area contributed by atoms with Crippen molar-refractivity contribution in [3.05, 3.63) is 86.6 Å². The van der Waals surface area contributed by atoms with Crippen LogP contribution in [0.1, 0.15) is 86.4 Å². The van der Waals surface area contributed by atoms with Crippen LogP contribution in [0.4, 0.5) is 0 Å². The molecule has 36 heavy (non-hydrogen) atoms. The van der Waals surface area contributed by atoms with E-state index in [9.17, 15) is 0 Å². The van der Waals surface area contributed by atoms with Gasteiger partial charge in [-0.15, -0.1) is 22.7 Å². The van der Waals surface area contributed by atoms with Gasteiger partial charge in [-0.2, -0.15) is 0 Å². The molecule has 0 aliphatic heterocycles. The van der Waals surface area contributed by atoms with Gasteiger partial charge in [-0.05, 0) is 90.1 Å². The predicted molar refractivity (Wildman–Crippen MR) is 165 cm³/mol. The van der Waals surface area contributed by atoms with E-state index < -0.39 is 0 Å². The molecule has 0 unspecified atom stereocenters. The number of aryl methyl sites for hydroxylation is 4. The Hall–Kier alpha value is -2.42. The van der Waals surface area contributed by atoms with E-state index in [2.05, 4.69) is 109 Å². The van der Waals surface area contributed by atoms with Gasteiger partial charge < -0.3 is 0 Å². The second kappa shape index (κ2) is 11.8. The van der Waals surface area contributed by atoms with Gasteiger partial charge in [0.2, 0.25) is 0 Å². The third-order valence-electron chi connectivity index (χ3n) is 6.98. The Morgan fingerprint density at radius 2 is 1.14 bits per heavy atom. The van der Waals surface area contributed by atoms with Gasteiger partial charge in [0.05, 0.1) is 4.88 Å². The first-order chi connectivity index (χ1) is 17.4. The zero-order valence-corrected chi connectivity index (χ0v) is 24.6. The minimum absolute atomic E-state index is 0.519. The maximum Gasteiger partial charge on any atom is 0.0524 e. The van der Waals surface area contributed by atoms with Crippen molar-refractivity contribution < 1.29 is 0 Å². The van der Waals surface area contributed by atoms with E-state index in [4.69, 9.17) is 0 Å². The summed E-state index contributed by atoms with van der Waals surface area (Å²) in [5.74, 6) is 0.519. The van der Waals surface area contributed by atoms with Crippen molar-refractivity contribution in [2.75, 3.05) is 0 Å². The predicted octanol–water partition coefficient (Wildman–Crippen LogP) is 11.2. The first-order valence-corrected chi connectivity index (χ1v) is 15.2. The highest BCUT2D eigenvalue weighted by atomic mass is 32.1. The number of hydrogen-bond donors (Lipinski definition) is 0. The molecule has 0 nitrogen and oxygen atoms in total. The molecule has 0 atom stereocenters. The number of allylic oxidation sites excluding steroid dienone is 1. The molecule has 0 saturated heterocycles. The summed E-state index contributed by atoms with van der Waals surface area (Å²) in [6, 6.07) is 19.3. The minimum atomic E-state index is 0.519. The molecule has 0 spiro atoms. The van der Waals surface area contributed by atoms with Crippen LogP contribution < -0.4 is 0 Å². The molecule has 0 saturated carbocycles. The van der Waals surface area contributed by atoms with Gasteiger partial charge in [-0.1, -0.05) is 84.0 Å². The second-order valence-corrected chi connectivity index (χ2v) is 12.1. The fourth-order valence-electron chi connectivity index (χ4n) is 4.76. The summed E-state index contributed by atoms with van der Waals surface area (Å²) >= 11 is 3.92. The first kappa shape index (κ1) is 26.6. The Balaban J connectivity index is 1.93. The normalized spacial score (nSPS) is 11.8. The highest BCUT2D eigenvalue weighted by molar-refractivity contribution is 7.23. The minimum Gasteiger partial charge on any atom is -0.139 e. The molecule has 0 aliphatic carbocycles. The second-order valence-electron chi connectivity index (χ2n) is 9.93. The topological polar surface area (TPSA) is 0 Å². The molecule has 0 aliphatic rings. The molecular formula is C34H40S2. The van der Waals surface area contributed by atoms with Crippen LogP contribution in [0, 0.1) is 0 Å².